The van der Waals surface area contributed by atoms with Gasteiger partial charge in [0.1, 0.15) is 16.5 Å². The predicted molar refractivity (Wildman–Crippen MR) is 102 cm³/mol. The molecule has 0 aliphatic carbocycles. The summed E-state index contributed by atoms with van der Waals surface area (Å²) >= 11 is 7.36. The largest absolute Gasteiger partial charge is 0.365 e. The molecule has 3 rings (SSSR count). The first-order valence-corrected chi connectivity index (χ1v) is 9.07. The van der Waals surface area contributed by atoms with Gasteiger partial charge >= 0.3 is 0 Å². The van der Waals surface area contributed by atoms with E-state index in [-0.39, 0.29) is 24.8 Å². The van der Waals surface area contributed by atoms with Crippen molar-refractivity contribution in [3.63, 3.8) is 0 Å². The topological polar surface area (TPSA) is 115 Å². The third kappa shape index (κ3) is 4.63. The van der Waals surface area contributed by atoms with E-state index in [1.807, 2.05) is 0 Å². The first-order valence-electron chi connectivity index (χ1n) is 7.87. The minimum absolute atomic E-state index is 0.00813. The number of thiophene rings is 1. The number of non-ortho nitro benzene ring substituents is 1. The fourth-order valence-electron chi connectivity index (χ4n) is 2.44. The molecular formula is C17H13ClN4O4S. The zero-order chi connectivity index (χ0) is 19.4. The minimum Gasteiger partial charge on any atom is -0.365 e. The molecule has 0 aliphatic heterocycles. The highest BCUT2D eigenvalue weighted by Gasteiger charge is 2.13. The van der Waals surface area contributed by atoms with Gasteiger partial charge in [0.2, 0.25) is 0 Å². The molecule has 3 aromatic rings. The van der Waals surface area contributed by atoms with E-state index in [1.165, 1.54) is 23.5 Å². The first-order chi connectivity index (χ1) is 13.0. The lowest BCUT2D eigenvalue weighted by molar-refractivity contribution is -0.384. The van der Waals surface area contributed by atoms with E-state index in [0.717, 1.165) is 10.9 Å². The summed E-state index contributed by atoms with van der Waals surface area (Å²) in [5, 5.41) is 14.8. The lowest BCUT2D eigenvalue weighted by Gasteiger charge is -2.09. The molecule has 1 aromatic carbocycles. The quantitative estimate of drug-likeness (QED) is 0.264. The van der Waals surface area contributed by atoms with Gasteiger partial charge in [-0.15, -0.1) is 11.3 Å². The molecule has 0 fully saturated rings. The molecular weight excluding hydrogens is 392 g/mol. The number of halogens is 1. The highest BCUT2D eigenvalue weighted by molar-refractivity contribution is 7.22. The standard InChI is InChI=1S/C17H13ClN4O4S/c18-14-7-13-16(19-8-10-2-1-3-11(6-10)22(25)26)20-15(21-17(13)27-14)5-4-12(24)9-23/h1-3,6-7,9H,4-5,8H2,(H,19,20,21). The molecule has 1 N–H and O–H groups in total. The SMILES string of the molecule is O=CC(=O)CCc1nc(NCc2cccc([N+](=O)[O-])c2)c2cc(Cl)sc2n1. The van der Waals surface area contributed by atoms with Gasteiger partial charge in [-0.1, -0.05) is 23.7 Å². The third-order valence-corrected chi connectivity index (χ3v) is 4.87. The maximum absolute atomic E-state index is 11.2. The molecule has 0 atom stereocenters. The number of aldehydes is 1. The second-order valence-electron chi connectivity index (χ2n) is 5.62. The molecule has 0 aliphatic rings. The average molecular weight is 405 g/mol. The Morgan fingerprint density at radius 2 is 2.15 bits per heavy atom. The Labute approximate surface area is 162 Å². The number of ketones is 1. The average Bonchev–Trinajstić information content (AvgIpc) is 3.04. The molecule has 0 radical (unpaired) electrons. The van der Waals surface area contributed by atoms with Gasteiger partial charge in [-0.2, -0.15) is 0 Å². The zero-order valence-electron chi connectivity index (χ0n) is 13.8. The van der Waals surface area contributed by atoms with Crippen LogP contribution in [0.15, 0.2) is 30.3 Å². The summed E-state index contributed by atoms with van der Waals surface area (Å²) in [6.45, 7) is 0.313. The summed E-state index contributed by atoms with van der Waals surface area (Å²) in [5.41, 5.74) is 0.726. The number of hydrogen-bond acceptors (Lipinski definition) is 8. The number of rotatable bonds is 8. The number of aryl methyl sites for hydroxylation is 1. The van der Waals surface area contributed by atoms with Gasteiger partial charge < -0.3 is 5.32 Å². The first kappa shape index (κ1) is 18.9. The molecule has 27 heavy (non-hydrogen) atoms. The van der Waals surface area contributed by atoms with Crippen molar-refractivity contribution in [2.24, 2.45) is 0 Å². The number of carbonyl (C=O) groups is 2. The van der Waals surface area contributed by atoms with Crippen molar-refractivity contribution in [2.75, 3.05) is 5.32 Å². The van der Waals surface area contributed by atoms with Crippen LogP contribution in [0.1, 0.15) is 17.8 Å². The summed E-state index contributed by atoms with van der Waals surface area (Å²) in [7, 11) is 0. The highest BCUT2D eigenvalue weighted by Crippen LogP contribution is 2.32. The van der Waals surface area contributed by atoms with E-state index < -0.39 is 10.7 Å². The zero-order valence-corrected chi connectivity index (χ0v) is 15.4. The lowest BCUT2D eigenvalue weighted by Crippen LogP contribution is -2.07. The smallest absolute Gasteiger partial charge is 0.269 e. The van der Waals surface area contributed by atoms with Crippen LogP contribution in [-0.4, -0.2) is 27.0 Å². The van der Waals surface area contributed by atoms with Gasteiger partial charge in [0, 0.05) is 31.5 Å². The number of Topliss-reactive ketones (excluding diaryl/α,β-unsaturated/α-hetero) is 1. The van der Waals surface area contributed by atoms with Crippen molar-refractivity contribution in [3.8, 4) is 0 Å². The number of anilines is 1. The fourth-order valence-corrected chi connectivity index (χ4v) is 3.55. The van der Waals surface area contributed by atoms with Crippen molar-refractivity contribution in [1.29, 1.82) is 0 Å². The number of aromatic nitrogens is 2. The number of nitrogens with one attached hydrogen (secondary N) is 1. The van der Waals surface area contributed by atoms with E-state index in [1.54, 1.807) is 18.2 Å². The Morgan fingerprint density at radius 3 is 2.89 bits per heavy atom. The van der Waals surface area contributed by atoms with E-state index in [9.17, 15) is 19.7 Å². The number of nitrogens with zero attached hydrogens (tertiary/aromatic N) is 3. The Balaban J connectivity index is 1.85. The van der Waals surface area contributed by atoms with Crippen LogP contribution >= 0.6 is 22.9 Å². The molecule has 2 heterocycles. The van der Waals surface area contributed by atoms with Crippen LogP contribution in [0, 0.1) is 10.1 Å². The van der Waals surface area contributed by atoms with E-state index >= 15 is 0 Å². The van der Waals surface area contributed by atoms with Crippen molar-refractivity contribution in [2.45, 2.75) is 19.4 Å². The van der Waals surface area contributed by atoms with Gasteiger partial charge in [-0.05, 0) is 11.6 Å². The molecule has 0 spiro atoms. The van der Waals surface area contributed by atoms with Crippen LogP contribution in [0.4, 0.5) is 11.5 Å². The Kier molecular flexibility index (Phi) is 5.72. The molecule has 8 nitrogen and oxygen atoms in total. The summed E-state index contributed by atoms with van der Waals surface area (Å²) < 4.78 is 0.541. The van der Waals surface area contributed by atoms with E-state index in [4.69, 9.17) is 11.6 Å². The lowest BCUT2D eigenvalue weighted by atomic mass is 10.2. The third-order valence-electron chi connectivity index (χ3n) is 3.72. The van der Waals surface area contributed by atoms with Crippen molar-refractivity contribution in [3.05, 3.63) is 56.2 Å². The van der Waals surface area contributed by atoms with Crippen molar-refractivity contribution >= 4 is 56.7 Å². The van der Waals surface area contributed by atoms with Crippen molar-refractivity contribution in [1.82, 2.24) is 9.97 Å². The van der Waals surface area contributed by atoms with E-state index in [2.05, 4.69) is 15.3 Å². The Morgan fingerprint density at radius 1 is 1.33 bits per heavy atom. The Hall–Kier alpha value is -2.91. The van der Waals surface area contributed by atoms with Gasteiger partial charge in [0.25, 0.3) is 5.69 Å². The summed E-state index contributed by atoms with van der Waals surface area (Å²) in [6.07, 6.45) is 0.537. The normalized spacial score (nSPS) is 10.7. The maximum atomic E-state index is 11.2. The molecule has 138 valence electrons. The molecule has 0 amide bonds. The van der Waals surface area contributed by atoms with Crippen LogP contribution in [0.25, 0.3) is 10.2 Å². The van der Waals surface area contributed by atoms with Gasteiger partial charge in [-0.3, -0.25) is 19.7 Å². The van der Waals surface area contributed by atoms with Crippen LogP contribution in [-0.2, 0) is 22.6 Å². The van der Waals surface area contributed by atoms with Crippen molar-refractivity contribution < 1.29 is 14.5 Å². The molecule has 0 saturated carbocycles. The van der Waals surface area contributed by atoms with Crippen LogP contribution in [0.2, 0.25) is 4.34 Å². The Bertz CT molecular complexity index is 1040. The molecule has 2 aromatic heterocycles. The van der Waals surface area contributed by atoms with Gasteiger partial charge in [0.05, 0.1) is 14.6 Å². The van der Waals surface area contributed by atoms with E-state index in [0.29, 0.717) is 27.4 Å². The predicted octanol–water partition coefficient (Wildman–Crippen LogP) is 3.57. The fraction of sp³-hybridized carbons (Fsp3) is 0.176. The van der Waals surface area contributed by atoms with Gasteiger partial charge in [0.15, 0.2) is 12.1 Å². The van der Waals surface area contributed by atoms with Crippen LogP contribution < -0.4 is 5.32 Å². The number of nitro groups is 1. The number of fused-ring (bicyclic) bond motifs is 1. The minimum atomic E-state index is -0.519. The van der Waals surface area contributed by atoms with Crippen LogP contribution in [0.5, 0.6) is 0 Å². The highest BCUT2D eigenvalue weighted by atomic mass is 35.5. The second-order valence-corrected chi connectivity index (χ2v) is 7.28. The monoisotopic (exact) mass is 404 g/mol. The summed E-state index contributed by atoms with van der Waals surface area (Å²) in [6, 6.07) is 8.02. The van der Waals surface area contributed by atoms with Gasteiger partial charge in [-0.25, -0.2) is 9.97 Å². The summed E-state index contributed by atoms with van der Waals surface area (Å²) in [4.78, 5) is 41.6. The maximum Gasteiger partial charge on any atom is 0.269 e. The number of hydrogen-bond donors (Lipinski definition) is 1. The number of benzene rings is 1. The van der Waals surface area contributed by atoms with Crippen LogP contribution in [0.3, 0.4) is 0 Å². The number of nitro benzene ring substituents is 1. The molecule has 0 unspecified atom stereocenters. The molecule has 10 heteroatoms. The summed E-state index contributed by atoms with van der Waals surface area (Å²) in [5.74, 6) is 0.412. The second kappa shape index (κ2) is 8.19. The molecule has 0 bridgehead atoms. The number of carbonyl (C=O) groups excluding carboxylic acids is 2. The molecule has 0 saturated heterocycles.